The number of nitrogens with zero attached hydrogens (tertiary/aromatic N) is 3. The minimum Gasteiger partial charge on any atom is -0.321 e. The van der Waals surface area contributed by atoms with Gasteiger partial charge in [0.1, 0.15) is 0 Å². The van der Waals surface area contributed by atoms with Gasteiger partial charge in [-0.2, -0.15) is 33.8 Å². The third-order valence-corrected chi connectivity index (χ3v) is 2.35. The van der Waals surface area contributed by atoms with Crippen LogP contribution in [0.25, 0.3) is 0 Å². The maximum atomic E-state index is 12.7. The zero-order chi connectivity index (χ0) is 14.8. The van der Waals surface area contributed by atoms with Crippen LogP contribution in [-0.4, -0.2) is 21.3 Å². The van der Waals surface area contributed by atoms with E-state index in [1.54, 1.807) is 0 Å². The average Bonchev–Trinajstić information content (AvgIpc) is 2.91. The molecule has 6 nitrogen and oxygen atoms in total. The van der Waals surface area contributed by atoms with Gasteiger partial charge in [0.15, 0.2) is 5.69 Å². The number of nitrogens with one attached hydrogen (secondary N) is 2. The summed E-state index contributed by atoms with van der Waals surface area (Å²) < 4.78 is 38.2. The number of benzene rings is 1. The average molecular weight is 281 g/mol. The van der Waals surface area contributed by atoms with Crippen molar-refractivity contribution >= 4 is 11.6 Å². The summed E-state index contributed by atoms with van der Waals surface area (Å²) in [6, 6.07) is 4.33. The highest BCUT2D eigenvalue weighted by Gasteiger charge is 2.34. The van der Waals surface area contributed by atoms with Gasteiger partial charge in [-0.1, -0.05) is 0 Å². The molecule has 102 valence electrons. The number of aromatic nitrogens is 3. The second-order valence-corrected chi connectivity index (χ2v) is 3.68. The van der Waals surface area contributed by atoms with E-state index < -0.39 is 23.2 Å². The summed E-state index contributed by atoms with van der Waals surface area (Å²) in [5.74, 6) is -0.711. The molecule has 0 aliphatic heterocycles. The van der Waals surface area contributed by atoms with Crippen LogP contribution in [0, 0.1) is 11.3 Å². The minimum atomic E-state index is -4.68. The Morgan fingerprint density at radius 2 is 2.15 bits per heavy atom. The van der Waals surface area contributed by atoms with Gasteiger partial charge in [0, 0.05) is 5.69 Å². The molecule has 0 aliphatic carbocycles. The first-order valence-corrected chi connectivity index (χ1v) is 5.20. The number of alkyl halides is 3. The number of anilines is 1. The topological polar surface area (TPSA) is 94.5 Å². The Hall–Kier alpha value is -2.89. The van der Waals surface area contributed by atoms with Gasteiger partial charge in [-0.15, -0.1) is 0 Å². The van der Waals surface area contributed by atoms with Gasteiger partial charge >= 0.3 is 6.18 Å². The summed E-state index contributed by atoms with van der Waals surface area (Å²) in [7, 11) is 0. The molecule has 0 fully saturated rings. The van der Waals surface area contributed by atoms with E-state index >= 15 is 0 Å². The molecule has 9 heteroatoms. The highest BCUT2D eigenvalue weighted by Crippen LogP contribution is 2.33. The van der Waals surface area contributed by atoms with E-state index in [1.807, 2.05) is 0 Å². The number of carbonyl (C=O) groups excluding carboxylic acids is 1. The SMILES string of the molecule is N#Cc1ccc(NC(=O)c2cn[nH]n2)cc1C(F)(F)F. The lowest BCUT2D eigenvalue weighted by molar-refractivity contribution is -0.137. The second-order valence-electron chi connectivity index (χ2n) is 3.68. The van der Waals surface area contributed by atoms with Crippen molar-refractivity contribution in [3.8, 4) is 6.07 Å². The largest absolute Gasteiger partial charge is 0.417 e. The molecule has 1 aromatic heterocycles. The van der Waals surface area contributed by atoms with Gasteiger partial charge in [-0.25, -0.2) is 0 Å². The van der Waals surface area contributed by atoms with E-state index in [1.165, 1.54) is 12.1 Å². The van der Waals surface area contributed by atoms with Crippen LogP contribution in [0.4, 0.5) is 18.9 Å². The first-order valence-electron chi connectivity index (χ1n) is 5.20. The molecule has 2 N–H and O–H groups in total. The van der Waals surface area contributed by atoms with Crippen LogP contribution in [0.5, 0.6) is 0 Å². The van der Waals surface area contributed by atoms with Crippen molar-refractivity contribution in [1.29, 1.82) is 5.26 Å². The predicted octanol–water partition coefficient (Wildman–Crippen LogP) is 1.95. The van der Waals surface area contributed by atoms with Crippen molar-refractivity contribution in [2.45, 2.75) is 6.18 Å². The van der Waals surface area contributed by atoms with Crippen LogP contribution in [0.3, 0.4) is 0 Å². The Balaban J connectivity index is 2.31. The molecule has 0 saturated carbocycles. The quantitative estimate of drug-likeness (QED) is 0.879. The first kappa shape index (κ1) is 13.5. The van der Waals surface area contributed by atoms with E-state index in [0.29, 0.717) is 6.07 Å². The molecule has 2 aromatic rings. The van der Waals surface area contributed by atoms with Gasteiger partial charge in [0.2, 0.25) is 0 Å². The number of hydrogen-bond acceptors (Lipinski definition) is 4. The number of amides is 1. The maximum absolute atomic E-state index is 12.7. The Kier molecular flexibility index (Phi) is 3.39. The summed E-state index contributed by atoms with van der Waals surface area (Å²) in [5.41, 5.74) is -1.79. The number of aromatic amines is 1. The van der Waals surface area contributed by atoms with E-state index in [-0.39, 0.29) is 11.4 Å². The number of halogens is 3. The second kappa shape index (κ2) is 5.00. The number of carbonyl (C=O) groups is 1. The Morgan fingerprint density at radius 1 is 1.40 bits per heavy atom. The van der Waals surface area contributed by atoms with Crippen LogP contribution in [0.2, 0.25) is 0 Å². The third kappa shape index (κ3) is 2.74. The molecular formula is C11H6F3N5O. The van der Waals surface area contributed by atoms with Crippen molar-refractivity contribution in [2.75, 3.05) is 5.32 Å². The monoisotopic (exact) mass is 281 g/mol. The van der Waals surface area contributed by atoms with Crippen LogP contribution in [0.15, 0.2) is 24.4 Å². The van der Waals surface area contributed by atoms with Crippen LogP contribution >= 0.6 is 0 Å². The smallest absolute Gasteiger partial charge is 0.321 e. The van der Waals surface area contributed by atoms with Crippen LogP contribution in [-0.2, 0) is 6.18 Å². The summed E-state index contributed by atoms with van der Waals surface area (Å²) in [6.45, 7) is 0. The molecular weight excluding hydrogens is 275 g/mol. The summed E-state index contributed by atoms with van der Waals surface area (Å²) in [4.78, 5) is 11.6. The molecule has 0 spiro atoms. The van der Waals surface area contributed by atoms with Crippen molar-refractivity contribution in [3.63, 3.8) is 0 Å². The molecule has 1 heterocycles. The van der Waals surface area contributed by atoms with Crippen molar-refractivity contribution in [3.05, 3.63) is 41.2 Å². The van der Waals surface area contributed by atoms with Gasteiger partial charge in [0.05, 0.1) is 23.4 Å². The van der Waals surface area contributed by atoms with Crippen molar-refractivity contribution < 1.29 is 18.0 Å². The molecule has 0 saturated heterocycles. The fraction of sp³-hybridized carbons (Fsp3) is 0.0909. The van der Waals surface area contributed by atoms with Crippen molar-refractivity contribution in [1.82, 2.24) is 15.4 Å². The fourth-order valence-electron chi connectivity index (χ4n) is 1.46. The molecule has 0 atom stereocenters. The van der Waals surface area contributed by atoms with E-state index in [0.717, 1.165) is 12.3 Å². The summed E-state index contributed by atoms with van der Waals surface area (Å²) in [5, 5.41) is 20.0. The Morgan fingerprint density at radius 3 is 2.70 bits per heavy atom. The predicted molar refractivity (Wildman–Crippen MR) is 60.5 cm³/mol. The van der Waals surface area contributed by atoms with E-state index in [4.69, 9.17) is 5.26 Å². The zero-order valence-electron chi connectivity index (χ0n) is 9.69. The fourth-order valence-corrected chi connectivity index (χ4v) is 1.46. The molecule has 1 aromatic carbocycles. The van der Waals surface area contributed by atoms with Gasteiger partial charge in [-0.05, 0) is 18.2 Å². The third-order valence-electron chi connectivity index (χ3n) is 2.35. The highest BCUT2D eigenvalue weighted by atomic mass is 19.4. The molecule has 0 unspecified atom stereocenters. The maximum Gasteiger partial charge on any atom is 0.417 e. The highest BCUT2D eigenvalue weighted by molar-refractivity contribution is 6.02. The number of rotatable bonds is 2. The Labute approximate surface area is 110 Å². The van der Waals surface area contributed by atoms with Gasteiger partial charge in [0.25, 0.3) is 5.91 Å². The minimum absolute atomic E-state index is 0.0667. The molecule has 20 heavy (non-hydrogen) atoms. The molecule has 2 rings (SSSR count). The van der Waals surface area contributed by atoms with E-state index in [2.05, 4.69) is 20.7 Å². The van der Waals surface area contributed by atoms with Crippen LogP contribution < -0.4 is 5.32 Å². The summed E-state index contributed by atoms with van der Waals surface area (Å²) in [6.07, 6.45) is -3.55. The Bertz CT molecular complexity index is 672. The lowest BCUT2D eigenvalue weighted by Gasteiger charge is -2.11. The van der Waals surface area contributed by atoms with Crippen molar-refractivity contribution in [2.24, 2.45) is 0 Å². The number of hydrogen-bond donors (Lipinski definition) is 2. The number of nitriles is 1. The lowest BCUT2D eigenvalue weighted by atomic mass is 10.1. The summed E-state index contributed by atoms with van der Waals surface area (Å²) >= 11 is 0. The van der Waals surface area contributed by atoms with Gasteiger partial charge < -0.3 is 5.32 Å². The molecule has 0 aliphatic rings. The first-order chi connectivity index (χ1) is 9.41. The lowest BCUT2D eigenvalue weighted by Crippen LogP contribution is -2.14. The molecule has 0 radical (unpaired) electrons. The zero-order valence-corrected chi connectivity index (χ0v) is 9.69. The standard InChI is InChI=1S/C11H6F3N5O/c12-11(13,14)8-3-7(2-1-6(8)4-15)17-10(20)9-5-16-19-18-9/h1-3,5H,(H,17,20)(H,16,18,19). The number of H-pyrrole nitrogens is 1. The van der Waals surface area contributed by atoms with E-state index in [9.17, 15) is 18.0 Å². The molecule has 1 amide bonds. The molecule has 0 bridgehead atoms. The van der Waals surface area contributed by atoms with Crippen LogP contribution in [0.1, 0.15) is 21.6 Å². The van der Waals surface area contributed by atoms with Gasteiger partial charge in [-0.3, -0.25) is 4.79 Å². The normalized spacial score (nSPS) is 10.9.